The van der Waals surface area contributed by atoms with Crippen molar-refractivity contribution in [2.75, 3.05) is 0 Å². The summed E-state index contributed by atoms with van der Waals surface area (Å²) >= 11 is 1.45. The highest BCUT2D eigenvalue weighted by molar-refractivity contribution is 7.13. The second-order valence-electron chi connectivity index (χ2n) is 6.32. The van der Waals surface area contributed by atoms with Crippen molar-refractivity contribution < 1.29 is 4.79 Å². The van der Waals surface area contributed by atoms with Crippen molar-refractivity contribution in [1.82, 2.24) is 10.3 Å². The Balaban J connectivity index is 1.75. The van der Waals surface area contributed by atoms with Gasteiger partial charge in [0.25, 0.3) is 5.91 Å². The third kappa shape index (κ3) is 3.13. The van der Waals surface area contributed by atoms with Crippen molar-refractivity contribution >= 4 is 17.2 Å². The van der Waals surface area contributed by atoms with Gasteiger partial charge in [0.15, 0.2) is 0 Å². The molecule has 3 rings (SSSR count). The second-order valence-corrected chi connectivity index (χ2v) is 7.17. The summed E-state index contributed by atoms with van der Waals surface area (Å²) in [4.78, 5) is 16.7. The van der Waals surface area contributed by atoms with Crippen LogP contribution in [0.15, 0.2) is 29.6 Å². The number of thiazole rings is 1. The van der Waals surface area contributed by atoms with Crippen LogP contribution in [0.4, 0.5) is 0 Å². The van der Waals surface area contributed by atoms with Crippen LogP contribution >= 0.6 is 11.3 Å². The number of nitriles is 1. The number of rotatable bonds is 4. The first-order valence-corrected chi connectivity index (χ1v) is 8.70. The summed E-state index contributed by atoms with van der Waals surface area (Å²) in [5, 5.41) is 14.6. The zero-order valence-corrected chi connectivity index (χ0v) is 14.1. The third-order valence-corrected chi connectivity index (χ3v) is 5.23. The summed E-state index contributed by atoms with van der Waals surface area (Å²) in [5.41, 5.74) is 2.00. The van der Waals surface area contributed by atoms with E-state index < -0.39 is 5.54 Å². The Morgan fingerprint density at radius 3 is 2.57 bits per heavy atom. The maximum absolute atomic E-state index is 12.3. The highest BCUT2D eigenvalue weighted by atomic mass is 32.1. The minimum Gasteiger partial charge on any atom is -0.332 e. The van der Waals surface area contributed by atoms with Gasteiger partial charge in [0.05, 0.1) is 6.07 Å². The van der Waals surface area contributed by atoms with Gasteiger partial charge in [0.2, 0.25) is 0 Å². The molecule has 1 saturated carbocycles. The van der Waals surface area contributed by atoms with Gasteiger partial charge in [-0.1, -0.05) is 38.1 Å². The summed E-state index contributed by atoms with van der Waals surface area (Å²) < 4.78 is 0. The molecule has 4 nitrogen and oxygen atoms in total. The van der Waals surface area contributed by atoms with Crippen LogP contribution in [0.2, 0.25) is 0 Å². The van der Waals surface area contributed by atoms with Gasteiger partial charge in [-0.3, -0.25) is 4.79 Å². The fourth-order valence-corrected chi connectivity index (χ4v) is 3.40. The summed E-state index contributed by atoms with van der Waals surface area (Å²) in [6.45, 7) is 4.32. The minimum absolute atomic E-state index is 0.257. The van der Waals surface area contributed by atoms with Gasteiger partial charge in [-0.15, -0.1) is 11.3 Å². The maximum atomic E-state index is 12.3. The van der Waals surface area contributed by atoms with Crippen LogP contribution in [-0.2, 0) is 0 Å². The van der Waals surface area contributed by atoms with E-state index in [-0.39, 0.29) is 5.91 Å². The number of nitrogens with zero attached hydrogens (tertiary/aromatic N) is 2. The topological polar surface area (TPSA) is 65.8 Å². The molecule has 1 amide bonds. The van der Waals surface area contributed by atoms with Crippen molar-refractivity contribution in [3.63, 3.8) is 0 Å². The fraction of sp³-hybridized carbons (Fsp3) is 0.389. The standard InChI is InChI=1S/C18H19N3OS/c1-12(2)13-4-6-14(7-5-13)17-20-15(10-23-17)16(22)21-18(11-19)8-3-9-18/h4-7,10,12H,3,8-9H2,1-2H3,(H,21,22). The van der Waals surface area contributed by atoms with E-state index >= 15 is 0 Å². The lowest BCUT2D eigenvalue weighted by atomic mass is 9.78. The molecule has 0 atom stereocenters. The normalized spacial score (nSPS) is 15.7. The third-order valence-electron chi connectivity index (χ3n) is 4.34. The minimum atomic E-state index is -0.681. The fourth-order valence-electron chi connectivity index (χ4n) is 2.60. The Labute approximate surface area is 140 Å². The molecule has 2 aromatic rings. The first-order valence-electron chi connectivity index (χ1n) is 7.83. The van der Waals surface area contributed by atoms with Gasteiger partial charge < -0.3 is 5.32 Å². The molecule has 1 heterocycles. The Bertz CT molecular complexity index is 751. The molecule has 1 aliphatic carbocycles. The number of benzene rings is 1. The van der Waals surface area contributed by atoms with Crippen molar-refractivity contribution in [3.8, 4) is 16.6 Å². The van der Waals surface area contributed by atoms with Crippen LogP contribution in [0.25, 0.3) is 10.6 Å². The number of amides is 1. The number of carbonyl (C=O) groups excluding carboxylic acids is 1. The lowest BCUT2D eigenvalue weighted by molar-refractivity contribution is 0.0877. The van der Waals surface area contributed by atoms with Crippen LogP contribution in [-0.4, -0.2) is 16.4 Å². The Morgan fingerprint density at radius 2 is 2.04 bits per heavy atom. The Morgan fingerprint density at radius 1 is 1.35 bits per heavy atom. The zero-order chi connectivity index (χ0) is 16.4. The predicted octanol–water partition coefficient (Wildman–Crippen LogP) is 4.11. The quantitative estimate of drug-likeness (QED) is 0.920. The summed E-state index contributed by atoms with van der Waals surface area (Å²) in [6, 6.07) is 10.5. The van der Waals surface area contributed by atoms with E-state index in [1.165, 1.54) is 16.9 Å². The molecule has 0 unspecified atom stereocenters. The molecule has 1 aliphatic rings. The van der Waals surface area contributed by atoms with Gasteiger partial charge in [0, 0.05) is 10.9 Å². The molecule has 5 heteroatoms. The molecule has 1 fully saturated rings. The summed E-state index contributed by atoms with van der Waals surface area (Å²) in [5.74, 6) is 0.235. The van der Waals surface area contributed by atoms with Gasteiger partial charge in [-0.2, -0.15) is 5.26 Å². The molecule has 0 radical (unpaired) electrons. The Hall–Kier alpha value is -2.19. The van der Waals surface area contributed by atoms with Crippen LogP contribution in [0.5, 0.6) is 0 Å². The monoisotopic (exact) mass is 325 g/mol. The molecule has 0 aliphatic heterocycles. The number of carbonyl (C=O) groups is 1. The largest absolute Gasteiger partial charge is 0.332 e. The summed E-state index contributed by atoms with van der Waals surface area (Å²) in [6.07, 6.45) is 2.43. The summed E-state index contributed by atoms with van der Waals surface area (Å²) in [7, 11) is 0. The van der Waals surface area contributed by atoms with Crippen molar-refractivity contribution in [3.05, 3.63) is 40.9 Å². The van der Waals surface area contributed by atoms with Gasteiger partial charge in [-0.25, -0.2) is 4.98 Å². The lowest BCUT2D eigenvalue weighted by Gasteiger charge is -2.35. The predicted molar refractivity (Wildman–Crippen MR) is 91.3 cm³/mol. The molecule has 0 bridgehead atoms. The number of aromatic nitrogens is 1. The highest BCUT2D eigenvalue weighted by Gasteiger charge is 2.39. The van der Waals surface area contributed by atoms with E-state index in [0.29, 0.717) is 11.6 Å². The zero-order valence-electron chi connectivity index (χ0n) is 13.3. The van der Waals surface area contributed by atoms with Gasteiger partial charge >= 0.3 is 0 Å². The molecule has 0 saturated heterocycles. The Kier molecular flexibility index (Phi) is 4.18. The highest BCUT2D eigenvalue weighted by Crippen LogP contribution is 2.32. The van der Waals surface area contributed by atoms with E-state index in [4.69, 9.17) is 0 Å². The molecule has 23 heavy (non-hydrogen) atoms. The van der Waals surface area contributed by atoms with E-state index in [0.717, 1.165) is 29.8 Å². The molecule has 118 valence electrons. The SMILES string of the molecule is CC(C)c1ccc(-c2nc(C(=O)NC3(C#N)CCC3)cs2)cc1. The smallest absolute Gasteiger partial charge is 0.272 e. The molecule has 1 aromatic carbocycles. The van der Waals surface area contributed by atoms with Crippen molar-refractivity contribution in [2.24, 2.45) is 0 Å². The van der Waals surface area contributed by atoms with Crippen molar-refractivity contribution in [2.45, 2.75) is 44.6 Å². The maximum Gasteiger partial charge on any atom is 0.272 e. The van der Waals surface area contributed by atoms with E-state index in [1.54, 1.807) is 5.38 Å². The van der Waals surface area contributed by atoms with Gasteiger partial charge in [-0.05, 0) is 30.7 Å². The molecular weight excluding hydrogens is 306 g/mol. The van der Waals surface area contributed by atoms with Crippen molar-refractivity contribution in [1.29, 1.82) is 5.26 Å². The van der Waals surface area contributed by atoms with E-state index in [9.17, 15) is 10.1 Å². The van der Waals surface area contributed by atoms with Crippen LogP contribution in [0, 0.1) is 11.3 Å². The van der Waals surface area contributed by atoms with Crippen LogP contribution in [0.1, 0.15) is 55.1 Å². The average Bonchev–Trinajstić information content (AvgIpc) is 3.01. The second kappa shape index (κ2) is 6.13. The number of hydrogen-bond donors (Lipinski definition) is 1. The molecule has 0 spiro atoms. The van der Waals surface area contributed by atoms with E-state index in [1.807, 2.05) is 12.1 Å². The van der Waals surface area contributed by atoms with Crippen LogP contribution in [0.3, 0.4) is 0 Å². The molecule has 1 aromatic heterocycles. The molecular formula is C18H19N3OS. The lowest BCUT2D eigenvalue weighted by Crippen LogP contribution is -2.52. The van der Waals surface area contributed by atoms with E-state index in [2.05, 4.69) is 42.4 Å². The first-order chi connectivity index (χ1) is 11.0. The number of nitrogens with one attached hydrogen (secondary N) is 1. The first kappa shape index (κ1) is 15.7. The van der Waals surface area contributed by atoms with Crippen LogP contribution < -0.4 is 5.32 Å². The molecule has 1 N–H and O–H groups in total. The van der Waals surface area contributed by atoms with Gasteiger partial charge in [0.1, 0.15) is 16.2 Å². The average molecular weight is 325 g/mol. The number of hydrogen-bond acceptors (Lipinski definition) is 4.